The van der Waals surface area contributed by atoms with Gasteiger partial charge >= 0.3 is 0 Å². The molecule has 2 aliphatic rings. The number of rotatable bonds is 1. The lowest BCUT2D eigenvalue weighted by Crippen LogP contribution is -2.30. The monoisotopic (exact) mass is 204 g/mol. The van der Waals surface area contributed by atoms with E-state index in [1.165, 1.54) is 44.1 Å². The van der Waals surface area contributed by atoms with Gasteiger partial charge in [0.2, 0.25) is 0 Å². The standard InChI is InChI=1S/C15H24/c1-11(2)13-7-9-15(4)8-5-6-12(3)14(15)10-13/h13H,1,5-10H2,2-4H3/t13-,15+/m0/s1. The minimum atomic E-state index is 0.550. The maximum Gasteiger partial charge on any atom is -0.0113 e. The summed E-state index contributed by atoms with van der Waals surface area (Å²) in [5, 5.41) is 0. The summed E-state index contributed by atoms with van der Waals surface area (Å²) in [5.41, 5.74) is 5.42. The van der Waals surface area contributed by atoms with Gasteiger partial charge in [0.1, 0.15) is 0 Å². The average Bonchev–Trinajstić information content (AvgIpc) is 2.17. The highest BCUT2D eigenvalue weighted by Gasteiger charge is 2.37. The Morgan fingerprint density at radius 2 is 2.13 bits per heavy atom. The highest BCUT2D eigenvalue weighted by molar-refractivity contribution is 5.27. The maximum atomic E-state index is 4.14. The second-order valence-electron chi connectivity index (χ2n) is 5.96. The molecule has 0 spiro atoms. The Bertz CT molecular complexity index is 308. The van der Waals surface area contributed by atoms with Gasteiger partial charge in [-0.2, -0.15) is 0 Å². The summed E-state index contributed by atoms with van der Waals surface area (Å²) in [5.74, 6) is 0.765. The van der Waals surface area contributed by atoms with Crippen LogP contribution in [0.15, 0.2) is 23.3 Å². The zero-order valence-corrected chi connectivity index (χ0v) is 10.5. The molecule has 0 N–H and O–H groups in total. The van der Waals surface area contributed by atoms with Gasteiger partial charge in [0, 0.05) is 0 Å². The summed E-state index contributed by atoms with van der Waals surface area (Å²) in [7, 11) is 0. The summed E-state index contributed by atoms with van der Waals surface area (Å²) in [6, 6.07) is 0. The highest BCUT2D eigenvalue weighted by Crippen LogP contribution is 2.51. The first-order valence-electron chi connectivity index (χ1n) is 6.37. The predicted molar refractivity (Wildman–Crippen MR) is 66.8 cm³/mol. The fourth-order valence-electron chi connectivity index (χ4n) is 3.52. The predicted octanol–water partition coefficient (Wildman–Crippen LogP) is 4.87. The molecule has 0 bridgehead atoms. The van der Waals surface area contributed by atoms with Gasteiger partial charge in [-0.3, -0.25) is 0 Å². The molecule has 1 fully saturated rings. The molecule has 1 saturated carbocycles. The molecule has 0 aromatic carbocycles. The van der Waals surface area contributed by atoms with Crippen LogP contribution < -0.4 is 0 Å². The number of allylic oxidation sites excluding steroid dienone is 3. The van der Waals surface area contributed by atoms with Crippen molar-refractivity contribution >= 4 is 0 Å². The lowest BCUT2D eigenvalue weighted by molar-refractivity contribution is 0.229. The maximum absolute atomic E-state index is 4.14. The molecule has 84 valence electrons. The third-order valence-corrected chi connectivity index (χ3v) is 4.72. The van der Waals surface area contributed by atoms with Crippen LogP contribution >= 0.6 is 0 Å². The smallest absolute Gasteiger partial charge is 0.0113 e. The normalized spacial score (nSPS) is 36.3. The second-order valence-corrected chi connectivity index (χ2v) is 5.96. The number of fused-ring (bicyclic) bond motifs is 1. The molecule has 0 aromatic rings. The van der Waals surface area contributed by atoms with Gasteiger partial charge in [0.05, 0.1) is 0 Å². The Morgan fingerprint density at radius 3 is 2.80 bits per heavy atom. The molecule has 0 radical (unpaired) electrons. The molecule has 2 aliphatic carbocycles. The van der Waals surface area contributed by atoms with Gasteiger partial charge < -0.3 is 0 Å². The SMILES string of the molecule is C=C(C)[C@H]1CC[C@@]2(C)CCCC(C)=C2C1. The van der Waals surface area contributed by atoms with E-state index in [9.17, 15) is 0 Å². The van der Waals surface area contributed by atoms with E-state index in [-0.39, 0.29) is 0 Å². The van der Waals surface area contributed by atoms with E-state index in [0.29, 0.717) is 5.41 Å². The van der Waals surface area contributed by atoms with Crippen LogP contribution in [0, 0.1) is 11.3 Å². The molecule has 0 saturated heterocycles. The van der Waals surface area contributed by atoms with Crippen LogP contribution in [0.1, 0.15) is 59.3 Å². The van der Waals surface area contributed by atoms with E-state index in [1.54, 1.807) is 11.1 Å². The first-order valence-corrected chi connectivity index (χ1v) is 6.37. The van der Waals surface area contributed by atoms with Gasteiger partial charge in [0.15, 0.2) is 0 Å². The fourth-order valence-corrected chi connectivity index (χ4v) is 3.52. The van der Waals surface area contributed by atoms with Crippen LogP contribution in [-0.4, -0.2) is 0 Å². The number of hydrogen-bond acceptors (Lipinski definition) is 0. The largest absolute Gasteiger partial charge is 0.0998 e. The van der Waals surface area contributed by atoms with Crippen LogP contribution in [0.3, 0.4) is 0 Å². The van der Waals surface area contributed by atoms with Crippen molar-refractivity contribution in [1.82, 2.24) is 0 Å². The van der Waals surface area contributed by atoms with Crippen molar-refractivity contribution in [3.8, 4) is 0 Å². The van der Waals surface area contributed by atoms with Crippen LogP contribution in [-0.2, 0) is 0 Å². The zero-order valence-electron chi connectivity index (χ0n) is 10.5. The Morgan fingerprint density at radius 1 is 1.40 bits per heavy atom. The molecule has 0 amide bonds. The van der Waals surface area contributed by atoms with Gasteiger partial charge in [-0.1, -0.05) is 30.2 Å². The van der Waals surface area contributed by atoms with Crippen molar-refractivity contribution in [3.63, 3.8) is 0 Å². The van der Waals surface area contributed by atoms with E-state index in [2.05, 4.69) is 27.4 Å². The Hall–Kier alpha value is -0.520. The summed E-state index contributed by atoms with van der Waals surface area (Å²) < 4.78 is 0. The molecule has 2 rings (SSSR count). The average molecular weight is 204 g/mol. The summed E-state index contributed by atoms with van der Waals surface area (Å²) in [4.78, 5) is 0. The zero-order chi connectivity index (χ0) is 11.1. The molecule has 0 heterocycles. The quantitative estimate of drug-likeness (QED) is 0.535. The van der Waals surface area contributed by atoms with E-state index < -0.39 is 0 Å². The van der Waals surface area contributed by atoms with Gasteiger partial charge in [-0.25, -0.2) is 0 Å². The summed E-state index contributed by atoms with van der Waals surface area (Å²) >= 11 is 0. The Balaban J connectivity index is 2.26. The highest BCUT2D eigenvalue weighted by atomic mass is 14.4. The van der Waals surface area contributed by atoms with Gasteiger partial charge in [-0.15, -0.1) is 0 Å². The van der Waals surface area contributed by atoms with E-state index in [1.807, 2.05) is 0 Å². The molecule has 0 unspecified atom stereocenters. The molecule has 0 aromatic heterocycles. The van der Waals surface area contributed by atoms with Crippen LogP contribution in [0.2, 0.25) is 0 Å². The minimum Gasteiger partial charge on any atom is -0.0998 e. The first kappa shape index (κ1) is 11.0. The molecule has 0 aliphatic heterocycles. The molecule has 0 nitrogen and oxygen atoms in total. The van der Waals surface area contributed by atoms with Crippen molar-refractivity contribution in [3.05, 3.63) is 23.3 Å². The van der Waals surface area contributed by atoms with E-state index >= 15 is 0 Å². The molecule has 0 heteroatoms. The van der Waals surface area contributed by atoms with Crippen molar-refractivity contribution in [1.29, 1.82) is 0 Å². The third-order valence-electron chi connectivity index (χ3n) is 4.72. The minimum absolute atomic E-state index is 0.550. The van der Waals surface area contributed by atoms with E-state index in [4.69, 9.17) is 0 Å². The molecular formula is C15H24. The number of hydrogen-bond donors (Lipinski definition) is 0. The van der Waals surface area contributed by atoms with Crippen molar-refractivity contribution in [2.24, 2.45) is 11.3 Å². The van der Waals surface area contributed by atoms with Gasteiger partial charge in [-0.05, 0) is 63.7 Å². The topological polar surface area (TPSA) is 0 Å². The Labute approximate surface area is 94.5 Å². The van der Waals surface area contributed by atoms with Gasteiger partial charge in [0.25, 0.3) is 0 Å². The molecular weight excluding hydrogens is 180 g/mol. The van der Waals surface area contributed by atoms with E-state index in [0.717, 1.165) is 5.92 Å². The molecule has 2 atom stereocenters. The lowest BCUT2D eigenvalue weighted by atomic mass is 9.61. The molecule has 15 heavy (non-hydrogen) atoms. The first-order chi connectivity index (χ1) is 7.03. The summed E-state index contributed by atoms with van der Waals surface area (Å²) in [6.07, 6.45) is 8.22. The summed E-state index contributed by atoms with van der Waals surface area (Å²) in [6.45, 7) is 11.2. The van der Waals surface area contributed by atoms with Crippen LogP contribution in [0.25, 0.3) is 0 Å². The lowest BCUT2D eigenvalue weighted by Gasteiger charge is -2.44. The van der Waals surface area contributed by atoms with Crippen LogP contribution in [0.4, 0.5) is 0 Å². The van der Waals surface area contributed by atoms with Crippen molar-refractivity contribution < 1.29 is 0 Å². The third kappa shape index (κ3) is 1.91. The fraction of sp³-hybridized carbons (Fsp3) is 0.733. The van der Waals surface area contributed by atoms with Crippen molar-refractivity contribution in [2.75, 3.05) is 0 Å². The Kier molecular flexibility index (Phi) is 2.79. The van der Waals surface area contributed by atoms with Crippen molar-refractivity contribution in [2.45, 2.75) is 59.3 Å². The second kappa shape index (κ2) is 3.81. The van der Waals surface area contributed by atoms with Crippen LogP contribution in [0.5, 0.6) is 0 Å².